The zero-order chi connectivity index (χ0) is 8.13. The Morgan fingerprint density at radius 2 is 1.83 bits per heavy atom. The van der Waals surface area contributed by atoms with Crippen LogP contribution in [-0.4, -0.2) is 6.10 Å². The summed E-state index contributed by atoms with van der Waals surface area (Å²) in [4.78, 5) is 0. The molecule has 61 valence electrons. The molecule has 0 aromatic heterocycles. The van der Waals surface area contributed by atoms with Crippen LogP contribution in [-0.2, 0) is 5.11 Å². The molecule has 1 nitrogen and oxygen atoms in total. The van der Waals surface area contributed by atoms with E-state index in [4.69, 9.17) is 0 Å². The molecule has 0 saturated heterocycles. The van der Waals surface area contributed by atoms with Crippen molar-refractivity contribution in [1.82, 2.24) is 0 Å². The Morgan fingerprint density at radius 3 is 2.67 bits per heavy atom. The summed E-state index contributed by atoms with van der Waals surface area (Å²) in [5.74, 6) is 0.930. The zero-order valence-corrected chi connectivity index (χ0v) is 6.86. The van der Waals surface area contributed by atoms with Crippen LogP contribution in [0.2, 0.25) is 0 Å². The lowest BCUT2D eigenvalue weighted by atomic mass is 9.90. The normalized spacial score (nSPS) is 36.9. The second-order valence-corrected chi connectivity index (χ2v) is 3.94. The summed E-state index contributed by atoms with van der Waals surface area (Å²) in [6.45, 7) is 0. The number of rotatable bonds is 0. The minimum Gasteiger partial charge on any atom is -0.232 e. The summed E-state index contributed by atoms with van der Waals surface area (Å²) in [7, 11) is 0. The number of fused-ring (bicyclic) bond motifs is 5. The minimum absolute atomic E-state index is 0.315. The van der Waals surface area contributed by atoms with Crippen molar-refractivity contribution in [1.29, 1.82) is 0 Å². The van der Waals surface area contributed by atoms with Gasteiger partial charge in [-0.2, -0.15) is 0 Å². The van der Waals surface area contributed by atoms with Gasteiger partial charge >= 0.3 is 0 Å². The standard InChI is InChI=1S/C11H11O/c12-11-6-7-5-10(11)9-4-2-1-3-8(7)9/h1-4,7,10-11H,5-6H2. The molecule has 1 aromatic rings. The highest BCUT2D eigenvalue weighted by molar-refractivity contribution is 5.42. The Labute approximate surface area is 72.0 Å². The number of hydrogen-bond donors (Lipinski definition) is 0. The van der Waals surface area contributed by atoms with E-state index in [1.807, 2.05) is 6.07 Å². The molecule has 2 bridgehead atoms. The Balaban J connectivity index is 2.17. The average molecular weight is 159 g/mol. The van der Waals surface area contributed by atoms with Gasteiger partial charge < -0.3 is 0 Å². The van der Waals surface area contributed by atoms with E-state index < -0.39 is 0 Å². The van der Waals surface area contributed by atoms with E-state index in [0.29, 0.717) is 11.8 Å². The first-order valence-electron chi connectivity index (χ1n) is 4.61. The van der Waals surface area contributed by atoms with Gasteiger partial charge in [0.1, 0.15) is 6.10 Å². The molecule has 3 unspecified atom stereocenters. The summed E-state index contributed by atoms with van der Waals surface area (Å²) >= 11 is 0. The summed E-state index contributed by atoms with van der Waals surface area (Å²) in [6, 6.07) is 8.45. The van der Waals surface area contributed by atoms with Crippen LogP contribution >= 0.6 is 0 Å². The van der Waals surface area contributed by atoms with E-state index in [9.17, 15) is 5.11 Å². The van der Waals surface area contributed by atoms with Crippen LogP contribution in [0.25, 0.3) is 0 Å². The molecule has 2 aliphatic carbocycles. The van der Waals surface area contributed by atoms with Crippen molar-refractivity contribution in [3.05, 3.63) is 35.4 Å². The summed E-state index contributed by atoms with van der Waals surface area (Å²) in [5.41, 5.74) is 2.79. The molecule has 1 heteroatoms. The van der Waals surface area contributed by atoms with E-state index in [2.05, 4.69) is 18.2 Å². The molecule has 1 fully saturated rings. The van der Waals surface area contributed by atoms with Crippen LogP contribution in [0.3, 0.4) is 0 Å². The third kappa shape index (κ3) is 0.674. The molecule has 1 radical (unpaired) electrons. The van der Waals surface area contributed by atoms with Crippen LogP contribution in [0.15, 0.2) is 24.3 Å². The number of hydrogen-bond acceptors (Lipinski definition) is 0. The minimum atomic E-state index is -0.315. The maximum absolute atomic E-state index is 11.5. The van der Waals surface area contributed by atoms with Gasteiger partial charge in [0, 0.05) is 5.92 Å². The largest absolute Gasteiger partial charge is 0.232 e. The molecule has 2 aliphatic rings. The molecule has 0 N–H and O–H groups in total. The van der Waals surface area contributed by atoms with Gasteiger partial charge in [-0.1, -0.05) is 24.3 Å². The maximum atomic E-state index is 11.5. The highest BCUT2D eigenvalue weighted by atomic mass is 16.3. The number of benzene rings is 1. The highest BCUT2D eigenvalue weighted by Gasteiger charge is 2.43. The first kappa shape index (κ1) is 6.67. The fraction of sp³-hybridized carbons (Fsp3) is 0.455. The molecule has 0 heterocycles. The summed E-state index contributed by atoms with van der Waals surface area (Å²) in [6.07, 6.45) is 1.68. The lowest BCUT2D eigenvalue weighted by molar-refractivity contribution is 0.0761. The second kappa shape index (κ2) is 2.11. The first-order chi connectivity index (χ1) is 5.86. The maximum Gasteiger partial charge on any atom is 0.100 e. The smallest absolute Gasteiger partial charge is 0.100 e. The molecule has 0 spiro atoms. The van der Waals surface area contributed by atoms with E-state index in [0.717, 1.165) is 12.8 Å². The molecule has 0 aliphatic heterocycles. The molecular formula is C11H11O. The van der Waals surface area contributed by atoms with Crippen molar-refractivity contribution in [2.45, 2.75) is 30.8 Å². The first-order valence-corrected chi connectivity index (χ1v) is 4.61. The van der Waals surface area contributed by atoms with Gasteiger partial charge in [0.2, 0.25) is 0 Å². The Kier molecular flexibility index (Phi) is 1.17. The lowest BCUT2D eigenvalue weighted by Crippen LogP contribution is -2.13. The summed E-state index contributed by atoms with van der Waals surface area (Å²) in [5, 5.41) is 11.5. The molecular weight excluding hydrogens is 148 g/mol. The zero-order valence-electron chi connectivity index (χ0n) is 6.86. The van der Waals surface area contributed by atoms with Crippen molar-refractivity contribution in [3.8, 4) is 0 Å². The molecule has 0 amide bonds. The van der Waals surface area contributed by atoms with E-state index in [1.54, 1.807) is 0 Å². The third-order valence-corrected chi connectivity index (χ3v) is 3.34. The summed E-state index contributed by atoms with van der Waals surface area (Å²) < 4.78 is 0. The molecule has 1 aromatic carbocycles. The van der Waals surface area contributed by atoms with Crippen molar-refractivity contribution >= 4 is 0 Å². The predicted molar refractivity (Wildman–Crippen MR) is 45.6 cm³/mol. The van der Waals surface area contributed by atoms with Crippen LogP contribution in [0.5, 0.6) is 0 Å². The van der Waals surface area contributed by atoms with Gasteiger partial charge in [-0.25, -0.2) is 5.11 Å². The molecule has 3 rings (SSSR count). The fourth-order valence-corrected chi connectivity index (χ4v) is 2.80. The van der Waals surface area contributed by atoms with Crippen LogP contribution in [0, 0.1) is 0 Å². The van der Waals surface area contributed by atoms with Gasteiger partial charge in [0.15, 0.2) is 0 Å². The Bertz CT molecular complexity index is 319. The molecule has 3 atom stereocenters. The molecule has 1 saturated carbocycles. The van der Waals surface area contributed by atoms with Crippen molar-refractivity contribution in [2.75, 3.05) is 0 Å². The van der Waals surface area contributed by atoms with Crippen molar-refractivity contribution in [2.24, 2.45) is 0 Å². The second-order valence-electron chi connectivity index (χ2n) is 3.94. The lowest BCUT2D eigenvalue weighted by Gasteiger charge is -2.17. The van der Waals surface area contributed by atoms with Gasteiger partial charge in [0.25, 0.3) is 0 Å². The third-order valence-electron chi connectivity index (χ3n) is 3.34. The van der Waals surface area contributed by atoms with Crippen molar-refractivity contribution in [3.63, 3.8) is 0 Å². The predicted octanol–water partition coefficient (Wildman–Crippen LogP) is 2.46. The monoisotopic (exact) mass is 159 g/mol. The van der Waals surface area contributed by atoms with Gasteiger partial charge in [-0.15, -0.1) is 0 Å². The quantitative estimate of drug-likeness (QED) is 0.554. The fourth-order valence-electron chi connectivity index (χ4n) is 2.80. The SMILES string of the molecule is [O]C1CC2CC1c1ccccc12. The van der Waals surface area contributed by atoms with E-state index >= 15 is 0 Å². The van der Waals surface area contributed by atoms with Gasteiger partial charge in [-0.05, 0) is 29.9 Å². The average Bonchev–Trinajstić information content (AvgIpc) is 2.62. The topological polar surface area (TPSA) is 19.9 Å². The van der Waals surface area contributed by atoms with Crippen LogP contribution < -0.4 is 0 Å². The van der Waals surface area contributed by atoms with Crippen LogP contribution in [0.1, 0.15) is 35.8 Å². The van der Waals surface area contributed by atoms with Crippen molar-refractivity contribution < 1.29 is 5.11 Å². The Morgan fingerprint density at radius 1 is 1.08 bits per heavy atom. The Hall–Kier alpha value is -0.820. The highest BCUT2D eigenvalue weighted by Crippen LogP contribution is 2.52. The van der Waals surface area contributed by atoms with Gasteiger partial charge in [-0.3, -0.25) is 0 Å². The van der Waals surface area contributed by atoms with Gasteiger partial charge in [0.05, 0.1) is 0 Å². The van der Waals surface area contributed by atoms with E-state index in [1.165, 1.54) is 11.1 Å². The van der Waals surface area contributed by atoms with Crippen LogP contribution in [0.4, 0.5) is 0 Å². The van der Waals surface area contributed by atoms with E-state index in [-0.39, 0.29) is 6.10 Å². The molecule has 12 heavy (non-hydrogen) atoms.